The van der Waals surface area contributed by atoms with Crippen LogP contribution in [0.15, 0.2) is 87.4 Å². The maximum atomic E-state index is 16.4. The van der Waals surface area contributed by atoms with Crippen LogP contribution in [-0.2, 0) is 122 Å². The van der Waals surface area contributed by atoms with E-state index in [9.17, 15) is 101 Å². The van der Waals surface area contributed by atoms with E-state index >= 15 is 8.78 Å². The smallest absolute Gasteiger partial charge is 0.432 e. The molecule has 0 amide bonds. The van der Waals surface area contributed by atoms with E-state index in [0.29, 0.717) is 4.57 Å². The van der Waals surface area contributed by atoms with Crippen molar-refractivity contribution in [2.45, 2.75) is 245 Å². The highest BCUT2D eigenvalue weighted by Crippen LogP contribution is 2.58. The molecule has 4 aromatic heterocycles. The van der Waals surface area contributed by atoms with Gasteiger partial charge in [0.05, 0.1) is 24.4 Å². The number of rotatable bonds is 30. The molecule has 2 unspecified atom stereocenters. The van der Waals surface area contributed by atoms with Gasteiger partial charge in [-0.15, -0.1) is 0 Å². The monoisotopic (exact) mass is 1880 g/mol. The second-order valence-electron chi connectivity index (χ2n) is 28.0. The number of nitrogens with one attached hydrogen (secondary N) is 4. The molecule has 10 N–H and O–H groups in total. The van der Waals surface area contributed by atoms with Gasteiger partial charge in [0, 0.05) is 63.3 Å². The lowest BCUT2D eigenvalue weighted by Crippen LogP contribution is -2.50. The fourth-order valence-corrected chi connectivity index (χ4v) is 13.5. The van der Waals surface area contributed by atoms with Crippen LogP contribution in [0.2, 0.25) is 0 Å². The molecule has 6 saturated heterocycles. The van der Waals surface area contributed by atoms with Crippen molar-refractivity contribution in [3.05, 3.63) is 132 Å². The number of carbonyl (C=O) groups excluding carboxylic acids is 4. The maximum Gasteiger partial charge on any atom is 0.510 e. The summed E-state index contributed by atoms with van der Waals surface area (Å²) in [5.41, 5.74) is -14.5. The number of phosphoric ester groups is 2. The number of aromatic amines is 4. The molecule has 126 heavy (non-hydrogen) atoms. The molecule has 10 rings (SSSR count). The maximum absolute atomic E-state index is 16.4. The van der Waals surface area contributed by atoms with Crippen LogP contribution >= 0.6 is 15.6 Å². The first-order valence-electron chi connectivity index (χ1n) is 35.5. The number of phosphoric acid groups is 2. The van der Waals surface area contributed by atoms with Gasteiger partial charge >= 0.3 is 63.0 Å². The van der Waals surface area contributed by atoms with Gasteiger partial charge < -0.3 is 116 Å². The zero-order valence-corrected chi connectivity index (χ0v) is 68.5. The Balaban J connectivity index is 0.000000448. The Labute approximate surface area is 710 Å². The fraction of sp³-hybridized carbons (Fsp3) is 0.706. The molecular formula is C68H106F4N8O44P2. The standard InChI is InChI=1S/C22H32FN2O16P.C20H30FN2O15P.C12H15FN2O7.C10H13FN2O6.4CH4/c1-12(2)37-18(28)32-10-35-42(30,36-11-33-19(29)38-13(3)4)34-9-22(23)15-21(5,41-20(31-6)39-15)16(40-22)25-8-7-14(26)24-17(25)27;1-11(2)36-17(27)31-9-34-39(30,35-10-32-18(28)37-12(3)4)33-8-20(21)14(25)19(5,29)15(38-20)23-7-6-13(24)22-16(23)26;1-11-7(20-10(19-2)22-11)12(13,5-16)21-8(11)15-4-3-6(17)14-9(15)18;1-9(18)6(16)10(11,4-14)19-7(9)13-3-2-5(15)12-8(13)17;;;;/h7-8,12-13,15-16,20H,9-11H2,1-6H3,(H,24,26,27);6-7,11-12,14-15,25,29H,8-10H2,1-5H3,(H,22,24,26);3-4,7-8,10,16H,5H2,1-2H3,(H,14,17,18);2-3,6-7,14,16,18H,4H2,1H3,(H,12,15,17);4*1H4/t15-,16+,20?,21+,22+;14-,15+,19+,20+;7-,8+,10?,11+,12+;6-,7+,9+,10+;;;;/m0000..../s1. The molecule has 0 spiro atoms. The van der Waals surface area contributed by atoms with Crippen LogP contribution in [-0.4, -0.2) is 269 Å². The number of hydrogen-bond acceptors (Lipinski definition) is 44. The normalized spacial score (nSPS) is 29.8. The van der Waals surface area contributed by atoms with Crippen LogP contribution < -0.4 is 45.0 Å². The van der Waals surface area contributed by atoms with Gasteiger partial charge in [-0.05, 0) is 83.1 Å². The summed E-state index contributed by atoms with van der Waals surface area (Å²) in [4.78, 5) is 147. The first-order chi connectivity index (χ1) is 56.6. The minimum Gasteiger partial charge on any atom is -0.432 e. The molecule has 52 nitrogen and oxygen atoms in total. The fourth-order valence-electron chi connectivity index (χ4n) is 11.6. The molecule has 6 aliphatic heterocycles. The number of methoxy groups -OCH3 is 2. The van der Waals surface area contributed by atoms with E-state index in [1.54, 1.807) is 27.7 Å². The third-order valence-corrected chi connectivity index (χ3v) is 19.7. The van der Waals surface area contributed by atoms with Crippen LogP contribution in [0.1, 0.15) is 138 Å². The van der Waals surface area contributed by atoms with E-state index in [1.165, 1.54) is 55.8 Å². The highest BCUT2D eigenvalue weighted by Gasteiger charge is 2.73. The molecular weight excluding hydrogens is 1770 g/mol. The number of fused-ring (bicyclic) bond motifs is 2. The van der Waals surface area contributed by atoms with Crippen molar-refractivity contribution in [3.63, 3.8) is 0 Å². The Hall–Kier alpha value is -8.90. The summed E-state index contributed by atoms with van der Waals surface area (Å²) in [6.07, 6.45) is -16.8. The second kappa shape index (κ2) is 44.9. The number of hydrogen-bond donors (Lipinski definition) is 10. The quantitative estimate of drug-likeness (QED) is 0.0118. The molecule has 10 heterocycles. The number of nitrogens with zero attached hydrogens (tertiary/aromatic N) is 4. The van der Waals surface area contributed by atoms with E-state index < -0.39 is 271 Å². The average molecular weight is 1880 g/mol. The Morgan fingerprint density at radius 1 is 0.413 bits per heavy atom. The van der Waals surface area contributed by atoms with Crippen molar-refractivity contribution in [1.29, 1.82) is 0 Å². The Kier molecular flexibility index (Phi) is 39.6. The summed E-state index contributed by atoms with van der Waals surface area (Å²) in [5.74, 6) is -11.9. The molecule has 720 valence electrons. The number of aliphatic hydroxyl groups is 6. The largest absolute Gasteiger partial charge is 0.510 e. The molecule has 58 heteroatoms. The van der Waals surface area contributed by atoms with E-state index in [4.69, 9.17) is 98.6 Å². The van der Waals surface area contributed by atoms with E-state index in [2.05, 4.69) is 18.9 Å². The van der Waals surface area contributed by atoms with Crippen molar-refractivity contribution < 1.29 is 189 Å². The molecule has 4 aromatic rings. The third-order valence-electron chi connectivity index (χ3n) is 17.1. The molecule has 6 fully saturated rings. The van der Waals surface area contributed by atoms with Crippen LogP contribution in [0.4, 0.5) is 36.7 Å². The van der Waals surface area contributed by atoms with Crippen LogP contribution in [0.5, 0.6) is 0 Å². The van der Waals surface area contributed by atoms with Crippen molar-refractivity contribution in [3.8, 4) is 0 Å². The number of ether oxygens (including phenoxy) is 18. The summed E-state index contributed by atoms with van der Waals surface area (Å²) in [6.45, 7) is 5.23. The Morgan fingerprint density at radius 2 is 0.659 bits per heavy atom. The number of carbonyl (C=O) groups is 4. The van der Waals surface area contributed by atoms with Crippen LogP contribution in [0.3, 0.4) is 0 Å². The van der Waals surface area contributed by atoms with Crippen molar-refractivity contribution in [1.82, 2.24) is 38.2 Å². The Bertz CT molecular complexity index is 4830. The van der Waals surface area contributed by atoms with E-state index in [0.717, 1.165) is 76.6 Å². The predicted octanol–water partition coefficient (Wildman–Crippen LogP) is 2.28. The van der Waals surface area contributed by atoms with E-state index in [-0.39, 0.29) is 29.7 Å². The average Bonchev–Trinajstić information content (AvgIpc) is 1.55. The van der Waals surface area contributed by atoms with Crippen LogP contribution in [0, 0.1) is 0 Å². The topological polar surface area (TPSA) is 665 Å². The second-order valence-corrected chi connectivity index (χ2v) is 31.4. The summed E-state index contributed by atoms with van der Waals surface area (Å²) in [7, 11) is -7.37. The number of H-pyrrole nitrogens is 4. The summed E-state index contributed by atoms with van der Waals surface area (Å²) in [6, 6.07) is 3.94. The molecule has 0 radical (unpaired) electrons. The zero-order chi connectivity index (χ0) is 91.4. The number of aromatic nitrogens is 8. The minimum atomic E-state index is -4.97. The van der Waals surface area contributed by atoms with Gasteiger partial charge in [0.1, 0.15) is 61.0 Å². The van der Waals surface area contributed by atoms with Gasteiger partial charge in [-0.1, -0.05) is 29.7 Å². The van der Waals surface area contributed by atoms with E-state index in [1.807, 2.05) is 19.9 Å². The molecule has 0 saturated carbocycles. The molecule has 0 aliphatic carbocycles. The van der Waals surface area contributed by atoms with Crippen molar-refractivity contribution in [2.24, 2.45) is 0 Å². The van der Waals surface area contributed by atoms with Gasteiger partial charge in [-0.25, -0.2) is 83.1 Å². The summed E-state index contributed by atoms with van der Waals surface area (Å²) >= 11 is 0. The van der Waals surface area contributed by atoms with Gasteiger partial charge in [0.15, 0.2) is 37.1 Å². The molecule has 0 aromatic carbocycles. The minimum absolute atomic E-state index is 0. The zero-order valence-electron chi connectivity index (χ0n) is 66.8. The number of halogens is 4. The van der Waals surface area contributed by atoms with Gasteiger partial charge in [0.2, 0.25) is 27.2 Å². The van der Waals surface area contributed by atoms with Crippen molar-refractivity contribution in [2.75, 3.05) is 67.8 Å². The lowest BCUT2D eigenvalue weighted by Gasteiger charge is -2.28. The van der Waals surface area contributed by atoms with Crippen LogP contribution in [0.25, 0.3) is 0 Å². The number of alkyl halides is 4. The molecule has 18 atom stereocenters. The predicted molar refractivity (Wildman–Crippen MR) is 408 cm³/mol. The first-order valence-corrected chi connectivity index (χ1v) is 38.5. The summed E-state index contributed by atoms with van der Waals surface area (Å²) in [5, 5.41) is 59.0. The number of aliphatic hydroxyl groups excluding tert-OH is 4. The lowest BCUT2D eigenvalue weighted by atomic mass is 9.95. The Morgan fingerprint density at radius 3 is 0.921 bits per heavy atom. The van der Waals surface area contributed by atoms with Crippen molar-refractivity contribution >= 4 is 40.3 Å². The highest BCUT2D eigenvalue weighted by atomic mass is 31.2. The summed E-state index contributed by atoms with van der Waals surface area (Å²) < 4.78 is 209. The SMILES string of the molecule is C.C.C.C.CC(C)OC(=O)OCOP(=O)(OCOC(=O)OC(C)C)OC[C@@]1(F)O[C@@H](n2ccc(=O)[nH]c2=O)[C@](C)(O)[C@@H]1O.COC1O[C@H]2[C@@](C)(O1)[C@H](n1ccc(=O)[nH]c1=O)O[C@]2(F)CO.COC1O[C@H]2[C@@](C)(O1)[C@H](n1ccc(=O)[nH]c1=O)O[C@]2(F)COP(=O)(OCOC(=O)OC(C)C)OCOC(=O)OC(C)C.C[C@]1(O)[C@H](n2ccc(=O)[nH]c2=O)O[C@](F)(CO)[C@H]1O. The lowest BCUT2D eigenvalue weighted by molar-refractivity contribution is -0.301. The molecule has 6 aliphatic rings. The van der Waals surface area contributed by atoms with Gasteiger partial charge in [0.25, 0.3) is 58.6 Å². The van der Waals surface area contributed by atoms with Gasteiger partial charge in [-0.3, -0.25) is 66.4 Å². The molecule has 0 bridgehead atoms. The third kappa shape index (κ3) is 26.7. The first kappa shape index (κ1) is 111. The highest BCUT2D eigenvalue weighted by molar-refractivity contribution is 7.48. The van der Waals surface area contributed by atoms with Gasteiger partial charge in [-0.2, -0.15) is 0 Å².